The second kappa shape index (κ2) is 13.8. The van der Waals surface area contributed by atoms with Gasteiger partial charge in [-0.25, -0.2) is 4.99 Å². The molecule has 1 aliphatic carbocycles. The maximum atomic E-state index is 5.32. The van der Waals surface area contributed by atoms with Crippen molar-refractivity contribution >= 4 is 11.5 Å². The van der Waals surface area contributed by atoms with Gasteiger partial charge >= 0.3 is 0 Å². The molecule has 260 valence electrons. The summed E-state index contributed by atoms with van der Waals surface area (Å²) in [6.45, 7) is 0. The van der Waals surface area contributed by atoms with Crippen LogP contribution in [0.2, 0.25) is 0 Å². The van der Waals surface area contributed by atoms with Crippen molar-refractivity contribution in [3.05, 3.63) is 251 Å². The van der Waals surface area contributed by atoms with Crippen LogP contribution in [0.4, 0.5) is 0 Å². The van der Waals surface area contributed by atoms with E-state index in [0.29, 0.717) is 0 Å². The summed E-state index contributed by atoms with van der Waals surface area (Å²) in [5.74, 6) is 0.777. The van der Waals surface area contributed by atoms with Crippen molar-refractivity contribution in [3.63, 3.8) is 0 Å². The van der Waals surface area contributed by atoms with Gasteiger partial charge in [0.15, 0.2) is 5.84 Å². The predicted molar refractivity (Wildman–Crippen MR) is 228 cm³/mol. The second-order valence-corrected chi connectivity index (χ2v) is 14.5. The van der Waals surface area contributed by atoms with E-state index in [-0.39, 0.29) is 6.04 Å². The standard InChI is InChI=1S/C53H38N2/c1-5-15-37(16-6-1)39-25-30-44(31-26-39)53(45-32-27-40(28-33-45)38-17-7-2-8-18-38)48-24-14-13-23-46(48)47-34-29-43(35-49(47)53)51-36-50(41-19-9-3-10-20-41)54-52(55-51)42-21-11-4-12-22-42/h1-35,50H,36H2. The number of fused-ring (bicyclic) bond motifs is 3. The van der Waals surface area contributed by atoms with Crippen LogP contribution in [-0.4, -0.2) is 11.5 Å². The number of nitrogens with zero attached hydrogens (tertiary/aromatic N) is 2. The van der Waals surface area contributed by atoms with Gasteiger partial charge in [-0.05, 0) is 72.8 Å². The quantitative estimate of drug-likeness (QED) is 0.158. The van der Waals surface area contributed by atoms with Crippen molar-refractivity contribution in [1.29, 1.82) is 0 Å². The van der Waals surface area contributed by atoms with Crippen molar-refractivity contribution < 1.29 is 0 Å². The van der Waals surface area contributed by atoms with Gasteiger partial charge < -0.3 is 0 Å². The van der Waals surface area contributed by atoms with E-state index in [0.717, 1.165) is 29.1 Å². The van der Waals surface area contributed by atoms with E-state index in [9.17, 15) is 0 Å². The Morgan fingerprint density at radius 1 is 0.382 bits per heavy atom. The van der Waals surface area contributed by atoms with Crippen LogP contribution < -0.4 is 0 Å². The van der Waals surface area contributed by atoms with E-state index in [2.05, 4.69) is 206 Å². The highest BCUT2D eigenvalue weighted by molar-refractivity contribution is 6.14. The number of benzene rings is 8. The highest BCUT2D eigenvalue weighted by Crippen LogP contribution is 2.56. The lowest BCUT2D eigenvalue weighted by Crippen LogP contribution is -2.29. The third-order valence-corrected chi connectivity index (χ3v) is 11.4. The molecule has 2 aliphatic rings. The van der Waals surface area contributed by atoms with Crippen molar-refractivity contribution in [3.8, 4) is 33.4 Å². The van der Waals surface area contributed by atoms with E-state index in [4.69, 9.17) is 9.98 Å². The first kappa shape index (κ1) is 32.7. The van der Waals surface area contributed by atoms with Crippen LogP contribution in [0.5, 0.6) is 0 Å². The van der Waals surface area contributed by atoms with Gasteiger partial charge in [-0.3, -0.25) is 4.99 Å². The fourth-order valence-electron chi connectivity index (χ4n) is 8.69. The molecule has 0 fully saturated rings. The average Bonchev–Trinajstić information content (AvgIpc) is 3.58. The summed E-state index contributed by atoms with van der Waals surface area (Å²) in [5.41, 5.74) is 16.2. The normalized spacial score (nSPS) is 15.4. The molecule has 2 heteroatoms. The van der Waals surface area contributed by atoms with Gasteiger partial charge in [0.25, 0.3) is 0 Å². The van der Waals surface area contributed by atoms with Gasteiger partial charge in [0, 0.05) is 12.0 Å². The summed E-state index contributed by atoms with van der Waals surface area (Å²) in [4.78, 5) is 10.5. The molecule has 1 heterocycles. The van der Waals surface area contributed by atoms with E-state index in [1.807, 2.05) is 6.07 Å². The van der Waals surface area contributed by atoms with Crippen molar-refractivity contribution in [2.45, 2.75) is 17.9 Å². The summed E-state index contributed by atoms with van der Waals surface area (Å²) in [6, 6.07) is 76.8. The molecular formula is C53H38N2. The predicted octanol–water partition coefficient (Wildman–Crippen LogP) is 12.8. The second-order valence-electron chi connectivity index (χ2n) is 14.5. The summed E-state index contributed by atoms with van der Waals surface area (Å²) in [7, 11) is 0. The maximum absolute atomic E-state index is 5.32. The van der Waals surface area contributed by atoms with Crippen LogP contribution in [0.15, 0.2) is 222 Å². The average molecular weight is 703 g/mol. The molecule has 0 amide bonds. The van der Waals surface area contributed by atoms with Gasteiger partial charge in [0.05, 0.1) is 17.2 Å². The van der Waals surface area contributed by atoms with Gasteiger partial charge in [-0.15, -0.1) is 0 Å². The van der Waals surface area contributed by atoms with E-state index in [1.54, 1.807) is 0 Å². The Labute approximate surface area is 322 Å². The van der Waals surface area contributed by atoms with E-state index >= 15 is 0 Å². The molecular weight excluding hydrogens is 665 g/mol. The minimum atomic E-state index is -0.559. The lowest BCUT2D eigenvalue weighted by atomic mass is 9.67. The summed E-state index contributed by atoms with van der Waals surface area (Å²) in [6.07, 6.45) is 0.719. The molecule has 0 saturated heterocycles. The highest BCUT2D eigenvalue weighted by Gasteiger charge is 2.46. The SMILES string of the molecule is c1ccc(C2=NC(c3ccccc3)CC(c3ccc4c(c3)C(c3ccc(-c5ccccc5)cc3)(c3ccc(-c5ccccc5)cc3)c3ccccc3-4)=N2)cc1. The van der Waals surface area contributed by atoms with Crippen molar-refractivity contribution in [2.75, 3.05) is 0 Å². The van der Waals surface area contributed by atoms with Crippen molar-refractivity contribution in [1.82, 2.24) is 0 Å². The van der Waals surface area contributed by atoms with Crippen molar-refractivity contribution in [2.24, 2.45) is 9.98 Å². The molecule has 0 bridgehead atoms. The minimum Gasteiger partial charge on any atom is -0.258 e. The zero-order valence-corrected chi connectivity index (χ0v) is 30.4. The van der Waals surface area contributed by atoms with Gasteiger partial charge in [-0.1, -0.05) is 206 Å². The van der Waals surface area contributed by atoms with Gasteiger partial charge in [0.2, 0.25) is 0 Å². The molecule has 0 saturated carbocycles. The molecule has 2 nitrogen and oxygen atoms in total. The Morgan fingerprint density at radius 3 is 1.42 bits per heavy atom. The Balaban J connectivity index is 1.18. The number of amidine groups is 1. The van der Waals surface area contributed by atoms with Crippen LogP contribution in [0.25, 0.3) is 33.4 Å². The molecule has 8 aromatic rings. The molecule has 0 radical (unpaired) electrons. The maximum Gasteiger partial charge on any atom is 0.155 e. The minimum absolute atomic E-state index is 0.0322. The van der Waals surface area contributed by atoms with Crippen LogP contribution in [0.3, 0.4) is 0 Å². The Kier molecular flexibility index (Phi) is 8.22. The van der Waals surface area contributed by atoms with Gasteiger partial charge in [-0.2, -0.15) is 0 Å². The molecule has 55 heavy (non-hydrogen) atoms. The fourth-order valence-corrected chi connectivity index (χ4v) is 8.69. The summed E-state index contributed by atoms with van der Waals surface area (Å²) < 4.78 is 0. The molecule has 8 aromatic carbocycles. The summed E-state index contributed by atoms with van der Waals surface area (Å²) >= 11 is 0. The van der Waals surface area contributed by atoms with Crippen LogP contribution in [0, 0.1) is 0 Å². The molecule has 0 spiro atoms. The molecule has 1 unspecified atom stereocenters. The number of aliphatic imine (C=N–C) groups is 2. The number of hydrogen-bond acceptors (Lipinski definition) is 2. The number of hydrogen-bond donors (Lipinski definition) is 0. The largest absolute Gasteiger partial charge is 0.258 e. The van der Waals surface area contributed by atoms with Crippen LogP contribution in [0.1, 0.15) is 51.4 Å². The molecule has 1 atom stereocenters. The molecule has 0 N–H and O–H groups in total. The first-order valence-corrected chi connectivity index (χ1v) is 19.1. The van der Waals surface area contributed by atoms with Crippen LogP contribution in [-0.2, 0) is 5.41 Å². The summed E-state index contributed by atoms with van der Waals surface area (Å²) in [5, 5.41) is 0. The lowest BCUT2D eigenvalue weighted by Gasteiger charge is -2.34. The Hall–Kier alpha value is -6.90. The van der Waals surface area contributed by atoms with E-state index in [1.165, 1.54) is 61.2 Å². The topological polar surface area (TPSA) is 24.7 Å². The first-order chi connectivity index (χ1) is 27.3. The van der Waals surface area contributed by atoms with Gasteiger partial charge in [0.1, 0.15) is 0 Å². The molecule has 1 aliphatic heterocycles. The Bertz CT molecular complexity index is 2590. The smallest absolute Gasteiger partial charge is 0.155 e. The Morgan fingerprint density at radius 2 is 0.836 bits per heavy atom. The monoisotopic (exact) mass is 702 g/mol. The third-order valence-electron chi connectivity index (χ3n) is 11.4. The lowest BCUT2D eigenvalue weighted by molar-refractivity contribution is 0.752. The van der Waals surface area contributed by atoms with Crippen LogP contribution >= 0.6 is 0 Å². The highest BCUT2D eigenvalue weighted by atomic mass is 15.0. The molecule has 10 rings (SSSR count). The zero-order valence-electron chi connectivity index (χ0n) is 30.4. The first-order valence-electron chi connectivity index (χ1n) is 19.1. The zero-order chi connectivity index (χ0) is 36.6. The third kappa shape index (κ3) is 5.75. The van der Waals surface area contributed by atoms with E-state index < -0.39 is 5.41 Å². The molecule has 0 aromatic heterocycles. The fraction of sp³-hybridized carbons (Fsp3) is 0.0566. The number of rotatable bonds is 7.